The maximum absolute atomic E-state index is 12.7. The molecule has 3 rings (SSSR count). The van der Waals surface area contributed by atoms with Gasteiger partial charge in [0.1, 0.15) is 0 Å². The predicted molar refractivity (Wildman–Crippen MR) is 111 cm³/mol. The van der Waals surface area contributed by atoms with Crippen molar-refractivity contribution in [1.82, 2.24) is 4.90 Å². The number of amides is 3. The number of nitrogens with one attached hydrogen (secondary N) is 2. The van der Waals surface area contributed by atoms with Crippen LogP contribution in [0.2, 0.25) is 0 Å². The van der Waals surface area contributed by atoms with Crippen molar-refractivity contribution in [1.29, 1.82) is 0 Å². The largest absolute Gasteiger partial charge is 0.469 e. The lowest BCUT2D eigenvalue weighted by molar-refractivity contribution is -0.142. The molecule has 1 aliphatic heterocycles. The van der Waals surface area contributed by atoms with Crippen molar-refractivity contribution in [3.05, 3.63) is 59.2 Å². The average Bonchev–Trinajstić information content (AvgIpc) is 2.72. The summed E-state index contributed by atoms with van der Waals surface area (Å²) < 4.78 is 4.76. The van der Waals surface area contributed by atoms with E-state index in [1.807, 2.05) is 30.3 Å². The molecule has 3 amide bonds. The molecule has 0 bridgehead atoms. The van der Waals surface area contributed by atoms with Crippen LogP contribution in [-0.4, -0.2) is 36.5 Å². The van der Waals surface area contributed by atoms with Crippen LogP contribution < -0.4 is 10.6 Å². The highest BCUT2D eigenvalue weighted by Crippen LogP contribution is 2.24. The Morgan fingerprint density at radius 2 is 1.69 bits per heavy atom. The number of nitrogens with zero attached hydrogens (tertiary/aromatic N) is 1. The maximum atomic E-state index is 12.7. The summed E-state index contributed by atoms with van der Waals surface area (Å²) >= 11 is 0. The number of hydrogen-bond donors (Lipinski definition) is 2. The van der Waals surface area contributed by atoms with Crippen LogP contribution in [0.25, 0.3) is 0 Å². The van der Waals surface area contributed by atoms with Crippen LogP contribution in [0.4, 0.5) is 16.2 Å². The molecule has 0 aliphatic carbocycles. The highest BCUT2D eigenvalue weighted by molar-refractivity contribution is 5.90. The first-order chi connectivity index (χ1) is 13.9. The van der Waals surface area contributed by atoms with Crippen molar-refractivity contribution in [3.63, 3.8) is 0 Å². The van der Waals surface area contributed by atoms with Crippen LogP contribution in [0, 0.1) is 0 Å². The molecule has 1 unspecified atom stereocenters. The monoisotopic (exact) mass is 395 g/mol. The zero-order valence-corrected chi connectivity index (χ0v) is 16.8. The van der Waals surface area contributed by atoms with Gasteiger partial charge in [-0.25, -0.2) is 4.79 Å². The van der Waals surface area contributed by atoms with Crippen molar-refractivity contribution in [2.75, 3.05) is 24.3 Å². The number of esters is 1. The lowest BCUT2D eigenvalue weighted by Crippen LogP contribution is -2.38. The van der Waals surface area contributed by atoms with Crippen molar-refractivity contribution < 1.29 is 19.1 Å². The van der Waals surface area contributed by atoms with E-state index in [1.54, 1.807) is 24.0 Å². The first-order valence-electron chi connectivity index (χ1n) is 9.50. The van der Waals surface area contributed by atoms with Gasteiger partial charge < -0.3 is 20.3 Å². The number of benzene rings is 2. The zero-order valence-electron chi connectivity index (χ0n) is 16.8. The molecular weight excluding hydrogens is 370 g/mol. The number of hydrogen-bond acceptors (Lipinski definition) is 4. The summed E-state index contributed by atoms with van der Waals surface area (Å²) in [6.45, 7) is 4.35. The van der Waals surface area contributed by atoms with Gasteiger partial charge in [-0.2, -0.15) is 0 Å². The highest BCUT2D eigenvalue weighted by atomic mass is 16.5. The number of carbonyl (C=O) groups is 3. The molecule has 7 heteroatoms. The van der Waals surface area contributed by atoms with E-state index in [0.717, 1.165) is 23.2 Å². The van der Waals surface area contributed by atoms with Crippen LogP contribution >= 0.6 is 0 Å². The maximum Gasteiger partial charge on any atom is 0.322 e. The molecule has 2 aromatic rings. The van der Waals surface area contributed by atoms with Gasteiger partial charge in [0.05, 0.1) is 13.0 Å². The van der Waals surface area contributed by atoms with Gasteiger partial charge >= 0.3 is 12.0 Å². The molecule has 0 spiro atoms. The Bertz CT molecular complexity index is 924. The van der Waals surface area contributed by atoms with Gasteiger partial charge in [-0.1, -0.05) is 18.2 Å². The van der Waals surface area contributed by atoms with Crippen molar-refractivity contribution in [3.8, 4) is 0 Å². The van der Waals surface area contributed by atoms with Crippen molar-refractivity contribution in [2.45, 2.75) is 32.7 Å². The van der Waals surface area contributed by atoms with E-state index in [4.69, 9.17) is 4.74 Å². The quantitative estimate of drug-likeness (QED) is 0.776. The van der Waals surface area contributed by atoms with Crippen LogP contribution in [0.3, 0.4) is 0 Å². The molecule has 1 atom stereocenters. The molecule has 152 valence electrons. The minimum absolute atomic E-state index is 0.125. The van der Waals surface area contributed by atoms with E-state index in [0.29, 0.717) is 18.8 Å². The van der Waals surface area contributed by atoms with E-state index in [-0.39, 0.29) is 23.8 Å². The summed E-state index contributed by atoms with van der Waals surface area (Å²) in [5, 5.41) is 5.67. The topological polar surface area (TPSA) is 87.7 Å². The first kappa shape index (κ1) is 20.4. The molecule has 2 aromatic carbocycles. The fourth-order valence-corrected chi connectivity index (χ4v) is 3.38. The molecule has 0 saturated heterocycles. The van der Waals surface area contributed by atoms with Gasteiger partial charge in [0.15, 0.2) is 0 Å². The third-order valence-corrected chi connectivity index (χ3v) is 5.04. The van der Waals surface area contributed by atoms with Crippen molar-refractivity contribution >= 4 is 29.3 Å². The molecule has 1 heterocycles. The van der Waals surface area contributed by atoms with Gasteiger partial charge in [0, 0.05) is 31.4 Å². The Morgan fingerprint density at radius 3 is 2.34 bits per heavy atom. The second kappa shape index (κ2) is 8.77. The Labute approximate surface area is 170 Å². The fourth-order valence-electron chi connectivity index (χ4n) is 3.38. The molecule has 0 fully saturated rings. The van der Waals surface area contributed by atoms with Crippen LogP contribution in [0.5, 0.6) is 0 Å². The minimum Gasteiger partial charge on any atom is -0.469 e. The highest BCUT2D eigenvalue weighted by Gasteiger charge is 2.21. The Hall–Kier alpha value is -3.35. The van der Waals surface area contributed by atoms with Gasteiger partial charge in [-0.05, 0) is 54.3 Å². The molecule has 29 heavy (non-hydrogen) atoms. The summed E-state index contributed by atoms with van der Waals surface area (Å²) in [7, 11) is 1.36. The van der Waals surface area contributed by atoms with E-state index < -0.39 is 0 Å². The van der Waals surface area contributed by atoms with E-state index in [1.165, 1.54) is 19.6 Å². The van der Waals surface area contributed by atoms with Crippen LogP contribution in [0.15, 0.2) is 42.5 Å². The minimum atomic E-state index is -0.360. The number of anilines is 2. The van der Waals surface area contributed by atoms with E-state index in [9.17, 15) is 14.4 Å². The van der Waals surface area contributed by atoms with Gasteiger partial charge in [-0.3, -0.25) is 9.59 Å². The number of fused-ring (bicyclic) bond motifs is 1. The van der Waals surface area contributed by atoms with Gasteiger partial charge in [-0.15, -0.1) is 0 Å². The van der Waals surface area contributed by atoms with Crippen molar-refractivity contribution in [2.24, 2.45) is 0 Å². The average molecular weight is 395 g/mol. The number of rotatable bonds is 4. The number of ether oxygens (including phenoxy) is 1. The van der Waals surface area contributed by atoms with Crippen LogP contribution in [0.1, 0.15) is 36.5 Å². The van der Waals surface area contributed by atoms with E-state index in [2.05, 4.69) is 10.6 Å². The molecule has 1 aliphatic rings. The summed E-state index contributed by atoms with van der Waals surface area (Å²) in [6.07, 6.45) is 0.763. The lowest BCUT2D eigenvalue weighted by atomic mass is 9.99. The number of urea groups is 1. The standard InChI is InChI=1S/C22H25N3O4/c1-14(21(27)29-3)16-4-7-19(8-5-16)24-22(28)25-11-10-17-6-9-20(23-15(2)26)12-18(17)13-25/h4-9,12,14H,10-11,13H2,1-3H3,(H,23,26)(H,24,28). The summed E-state index contributed by atoms with van der Waals surface area (Å²) in [4.78, 5) is 37.3. The normalized spacial score (nSPS) is 13.8. The summed E-state index contributed by atoms with van der Waals surface area (Å²) in [5.41, 5.74) is 4.43. The smallest absolute Gasteiger partial charge is 0.322 e. The molecular formula is C22H25N3O4. The molecule has 0 radical (unpaired) electrons. The predicted octanol–water partition coefficient (Wildman–Crippen LogP) is 3.51. The Morgan fingerprint density at radius 1 is 1.00 bits per heavy atom. The number of carbonyl (C=O) groups excluding carboxylic acids is 3. The fraction of sp³-hybridized carbons (Fsp3) is 0.318. The molecule has 0 aromatic heterocycles. The van der Waals surface area contributed by atoms with E-state index >= 15 is 0 Å². The van der Waals surface area contributed by atoms with Crippen LogP contribution in [-0.2, 0) is 27.3 Å². The third kappa shape index (κ3) is 4.93. The van der Waals surface area contributed by atoms with Gasteiger partial charge in [0.2, 0.25) is 5.91 Å². The summed E-state index contributed by atoms with van der Waals surface area (Å²) in [5.74, 6) is -0.783. The summed E-state index contributed by atoms with van der Waals surface area (Å²) in [6, 6.07) is 12.8. The third-order valence-electron chi connectivity index (χ3n) is 5.04. The zero-order chi connectivity index (χ0) is 21.0. The Balaban J connectivity index is 1.64. The second-order valence-corrected chi connectivity index (χ2v) is 7.13. The molecule has 0 saturated carbocycles. The molecule has 7 nitrogen and oxygen atoms in total. The Kier molecular flexibility index (Phi) is 6.16. The molecule has 2 N–H and O–H groups in total. The number of methoxy groups -OCH3 is 1. The first-order valence-corrected chi connectivity index (χ1v) is 9.50. The SMILES string of the molecule is COC(=O)C(C)c1ccc(NC(=O)N2CCc3ccc(NC(C)=O)cc3C2)cc1. The second-order valence-electron chi connectivity index (χ2n) is 7.13. The van der Waals surface area contributed by atoms with Gasteiger partial charge in [0.25, 0.3) is 0 Å². The lowest BCUT2D eigenvalue weighted by Gasteiger charge is -2.29.